The van der Waals surface area contributed by atoms with Crippen LogP contribution in [0.15, 0.2) is 48.8 Å². The normalized spacial score (nSPS) is 10.8. The van der Waals surface area contributed by atoms with Crippen LogP contribution < -0.4 is 30.0 Å². The van der Waals surface area contributed by atoms with Crippen molar-refractivity contribution in [2.75, 3.05) is 34.4 Å². The van der Waals surface area contributed by atoms with Gasteiger partial charge in [-0.2, -0.15) is 4.39 Å². The third-order valence-electron chi connectivity index (χ3n) is 5.50. The predicted molar refractivity (Wildman–Crippen MR) is 132 cm³/mol. The smallest absolute Gasteiger partial charge is 0.254 e. The lowest BCUT2D eigenvalue weighted by Crippen LogP contribution is -2.16. The first kappa shape index (κ1) is 25.6. The third kappa shape index (κ3) is 5.07. The van der Waals surface area contributed by atoms with E-state index in [4.69, 9.17) is 24.7 Å². The molecule has 11 heteroatoms. The van der Waals surface area contributed by atoms with Crippen LogP contribution in [0.3, 0.4) is 0 Å². The average molecular weight is 510 g/mol. The Bertz CT molecular complexity index is 1470. The first-order valence-corrected chi connectivity index (χ1v) is 11.1. The number of aromatic nitrogens is 2. The summed E-state index contributed by atoms with van der Waals surface area (Å²) in [6.07, 6.45) is 2.78. The van der Waals surface area contributed by atoms with Gasteiger partial charge in [-0.1, -0.05) is 0 Å². The van der Waals surface area contributed by atoms with Crippen LogP contribution in [0.4, 0.5) is 8.78 Å². The van der Waals surface area contributed by atoms with Crippen molar-refractivity contribution in [3.8, 4) is 40.0 Å². The fraction of sp³-hybridized carbons (Fsp3) is 0.192. The Kier molecular flexibility index (Phi) is 7.63. The van der Waals surface area contributed by atoms with E-state index in [1.165, 1.54) is 50.9 Å². The Hall–Kier alpha value is -4.51. The number of halogens is 2. The number of nitrogens with one attached hydrogen (secondary N) is 1. The van der Waals surface area contributed by atoms with Crippen molar-refractivity contribution in [2.45, 2.75) is 0 Å². The van der Waals surface area contributed by atoms with Crippen molar-refractivity contribution < 1.29 is 32.5 Å². The van der Waals surface area contributed by atoms with Crippen LogP contribution >= 0.6 is 0 Å². The fourth-order valence-electron chi connectivity index (χ4n) is 3.72. The lowest BCUT2D eigenvalue weighted by molar-refractivity contribution is 0.0997. The maximum atomic E-state index is 15.2. The van der Waals surface area contributed by atoms with Gasteiger partial charge in [-0.25, -0.2) is 4.39 Å². The van der Waals surface area contributed by atoms with Crippen molar-refractivity contribution in [2.24, 2.45) is 5.73 Å². The van der Waals surface area contributed by atoms with E-state index >= 15 is 8.78 Å². The van der Waals surface area contributed by atoms with Crippen molar-refractivity contribution in [1.82, 2.24) is 15.3 Å². The molecule has 0 radical (unpaired) electrons. The highest BCUT2D eigenvalue weighted by Gasteiger charge is 2.24. The lowest BCUT2D eigenvalue weighted by Gasteiger charge is -2.15. The predicted octanol–water partition coefficient (Wildman–Crippen LogP) is 4.08. The average Bonchev–Trinajstić information content (AvgIpc) is 2.90. The van der Waals surface area contributed by atoms with Crippen LogP contribution in [0.1, 0.15) is 10.4 Å². The molecule has 4 rings (SSSR count). The summed E-state index contributed by atoms with van der Waals surface area (Å²) in [4.78, 5) is 20.3. The molecule has 0 aliphatic heterocycles. The fourth-order valence-corrected chi connectivity index (χ4v) is 3.72. The maximum Gasteiger partial charge on any atom is 0.254 e. The summed E-state index contributed by atoms with van der Waals surface area (Å²) in [5, 5.41) is 3.48. The minimum Gasteiger partial charge on any atom is -0.496 e. The number of primary amides is 1. The Morgan fingerprint density at radius 3 is 2.35 bits per heavy atom. The summed E-state index contributed by atoms with van der Waals surface area (Å²) in [6.45, 7) is 1.04. The summed E-state index contributed by atoms with van der Waals surface area (Å²) in [6, 6.07) is 8.72. The molecule has 37 heavy (non-hydrogen) atoms. The van der Waals surface area contributed by atoms with Crippen molar-refractivity contribution in [3.05, 3.63) is 66.0 Å². The van der Waals surface area contributed by atoms with Gasteiger partial charge in [0.15, 0.2) is 23.1 Å². The number of nitrogens with zero attached hydrogens (tertiary/aromatic N) is 2. The van der Waals surface area contributed by atoms with Crippen molar-refractivity contribution in [1.29, 1.82) is 0 Å². The molecule has 0 fully saturated rings. The number of hydrogen-bond acceptors (Lipinski definition) is 8. The summed E-state index contributed by atoms with van der Waals surface area (Å²) in [7, 11) is 4.62. The molecule has 0 saturated carbocycles. The first-order valence-electron chi connectivity index (χ1n) is 11.1. The third-order valence-corrected chi connectivity index (χ3v) is 5.50. The second-order valence-electron chi connectivity index (χ2n) is 7.72. The standard InChI is InChI=1S/C26H24F2N4O5/c1-30-10-11-36-21-13-16-15(12-20(21)35-3)17(6-8-31-16)37-19-5-4-14(23(27)24(19)28)25-22(26(29)33)18(34-2)7-9-32-25/h4-9,12-13,30H,10-11H2,1-3H3,(H2,29,33). The summed E-state index contributed by atoms with van der Waals surface area (Å²) < 4.78 is 52.5. The summed E-state index contributed by atoms with van der Waals surface area (Å²) in [5.74, 6) is -2.62. The first-order chi connectivity index (χ1) is 17.9. The van der Waals surface area contributed by atoms with Gasteiger partial charge in [-0.15, -0.1) is 0 Å². The highest BCUT2D eigenvalue weighted by Crippen LogP contribution is 2.39. The van der Waals surface area contributed by atoms with E-state index in [1.807, 2.05) is 7.05 Å². The Morgan fingerprint density at radius 2 is 1.65 bits per heavy atom. The number of methoxy groups -OCH3 is 2. The van der Waals surface area contributed by atoms with Gasteiger partial charge in [0.05, 0.1) is 25.4 Å². The van der Waals surface area contributed by atoms with Gasteiger partial charge in [0.2, 0.25) is 5.82 Å². The van der Waals surface area contributed by atoms with Gasteiger partial charge in [0.25, 0.3) is 5.91 Å². The highest BCUT2D eigenvalue weighted by molar-refractivity contribution is 6.01. The Labute approximate surface area is 211 Å². The van der Waals surface area contributed by atoms with Gasteiger partial charge in [0, 0.05) is 36.0 Å². The van der Waals surface area contributed by atoms with Crippen LogP contribution in [0.2, 0.25) is 0 Å². The van der Waals surface area contributed by atoms with Gasteiger partial charge >= 0.3 is 0 Å². The van der Waals surface area contributed by atoms with E-state index in [0.29, 0.717) is 35.6 Å². The molecule has 0 unspecified atom stereocenters. The number of ether oxygens (including phenoxy) is 4. The maximum absolute atomic E-state index is 15.2. The van der Waals surface area contributed by atoms with E-state index in [-0.39, 0.29) is 34.1 Å². The number of pyridine rings is 2. The number of likely N-dealkylation sites (N-methyl/N-ethyl adjacent to an activating group) is 1. The van der Waals surface area contributed by atoms with Crippen LogP contribution in [0.5, 0.6) is 28.7 Å². The lowest BCUT2D eigenvalue weighted by atomic mass is 10.0. The van der Waals surface area contributed by atoms with E-state index in [9.17, 15) is 4.79 Å². The number of amides is 1. The molecule has 4 aromatic rings. The molecule has 3 N–H and O–H groups in total. The molecule has 192 valence electrons. The number of carbonyl (C=O) groups excluding carboxylic acids is 1. The van der Waals surface area contributed by atoms with Gasteiger partial charge < -0.3 is 30.0 Å². The minimum absolute atomic E-state index is 0.0872. The van der Waals surface area contributed by atoms with Gasteiger partial charge in [0.1, 0.15) is 23.7 Å². The quantitative estimate of drug-likeness (QED) is 0.307. The van der Waals surface area contributed by atoms with E-state index < -0.39 is 17.5 Å². The van der Waals surface area contributed by atoms with E-state index in [1.54, 1.807) is 12.1 Å². The molecule has 9 nitrogen and oxygen atoms in total. The zero-order chi connectivity index (χ0) is 26.5. The largest absolute Gasteiger partial charge is 0.496 e. The number of carbonyl (C=O) groups is 1. The molecule has 0 saturated heterocycles. The number of hydrogen-bond donors (Lipinski definition) is 2. The molecule has 1 amide bonds. The van der Waals surface area contributed by atoms with Crippen LogP contribution in [-0.4, -0.2) is 50.3 Å². The molecule has 0 bridgehead atoms. The number of benzene rings is 2. The van der Waals surface area contributed by atoms with E-state index in [2.05, 4.69) is 15.3 Å². The molecular weight excluding hydrogens is 486 g/mol. The van der Waals surface area contributed by atoms with Crippen LogP contribution in [0.25, 0.3) is 22.2 Å². The molecule has 2 heterocycles. The number of rotatable bonds is 10. The Morgan fingerprint density at radius 1 is 0.919 bits per heavy atom. The highest BCUT2D eigenvalue weighted by atomic mass is 19.2. The van der Waals surface area contributed by atoms with Crippen LogP contribution in [0, 0.1) is 11.6 Å². The Balaban J connectivity index is 1.73. The molecule has 0 atom stereocenters. The van der Waals surface area contributed by atoms with Crippen molar-refractivity contribution in [3.63, 3.8) is 0 Å². The molecule has 0 aliphatic rings. The molecular formula is C26H24F2N4O5. The molecule has 2 aromatic carbocycles. The number of nitrogens with two attached hydrogens (primary N) is 1. The topological polar surface area (TPSA) is 118 Å². The monoisotopic (exact) mass is 510 g/mol. The van der Waals surface area contributed by atoms with Gasteiger partial charge in [-0.3, -0.25) is 14.8 Å². The zero-order valence-corrected chi connectivity index (χ0v) is 20.3. The van der Waals surface area contributed by atoms with Crippen LogP contribution in [-0.2, 0) is 0 Å². The summed E-state index contributed by atoms with van der Waals surface area (Å²) in [5.41, 5.74) is 5.34. The second-order valence-corrected chi connectivity index (χ2v) is 7.72. The second kappa shape index (κ2) is 11.0. The van der Waals surface area contributed by atoms with Crippen molar-refractivity contribution >= 4 is 16.8 Å². The molecule has 0 spiro atoms. The zero-order valence-electron chi connectivity index (χ0n) is 20.3. The van der Waals surface area contributed by atoms with E-state index in [0.717, 1.165) is 0 Å². The molecule has 0 aliphatic carbocycles. The number of fused-ring (bicyclic) bond motifs is 1. The van der Waals surface area contributed by atoms with Gasteiger partial charge in [-0.05, 0) is 37.4 Å². The summed E-state index contributed by atoms with van der Waals surface area (Å²) >= 11 is 0. The minimum atomic E-state index is -1.28. The molecule has 2 aromatic heterocycles. The SMILES string of the molecule is CNCCOc1cc2nccc(Oc3ccc(-c4nccc(OC)c4C(N)=O)c(F)c3F)c2cc1OC.